The standard InChI is InChI=1S/C22H29N3O3Si/c1-22(2,3)29(4,5)28-20(19(24-25-23)18-14-10-7-11-15-18)21(26)27-16-17-12-8-6-9-13-17/h6-15,19-20H,16H2,1-5H3/t19-,20+/m0/s1/i20+2,21+2. The van der Waals surface area contributed by atoms with E-state index in [1.54, 1.807) is 0 Å². The number of nitrogens with zero attached hydrogens (tertiary/aromatic N) is 3. The third-order valence-corrected chi connectivity index (χ3v) is 9.74. The van der Waals surface area contributed by atoms with Crippen LogP contribution < -0.4 is 0 Å². The maximum absolute atomic E-state index is 13.1. The van der Waals surface area contributed by atoms with Gasteiger partial charge in [0.1, 0.15) is 6.61 Å². The van der Waals surface area contributed by atoms with Gasteiger partial charge in [-0.3, -0.25) is 0 Å². The molecule has 0 spiro atoms. The summed E-state index contributed by atoms with van der Waals surface area (Å²) >= 11 is 0. The van der Waals surface area contributed by atoms with E-state index in [2.05, 4.69) is 43.9 Å². The minimum atomic E-state index is -2.35. The number of carbonyl (C=O) groups is 1. The molecule has 2 atom stereocenters. The summed E-state index contributed by atoms with van der Waals surface area (Å²) in [5, 5.41) is 3.79. The van der Waals surface area contributed by atoms with Gasteiger partial charge in [0.2, 0.25) is 0 Å². The van der Waals surface area contributed by atoms with Crippen LogP contribution in [-0.2, 0) is 20.6 Å². The molecule has 6 nitrogen and oxygen atoms in total. The van der Waals surface area contributed by atoms with E-state index in [4.69, 9.17) is 14.7 Å². The van der Waals surface area contributed by atoms with Crippen molar-refractivity contribution >= 4 is 14.3 Å². The minimum Gasteiger partial charge on any atom is -0.459 e. The summed E-state index contributed by atoms with van der Waals surface area (Å²) in [4.78, 5) is 16.1. The van der Waals surface area contributed by atoms with Crippen LogP contribution in [0.5, 0.6) is 0 Å². The average molecular weight is 416 g/mol. The first-order valence-electron chi connectivity index (χ1n) is 9.63. The highest BCUT2D eigenvalue weighted by atomic mass is 28.4. The summed E-state index contributed by atoms with van der Waals surface area (Å²) in [6.07, 6.45) is -1.02. The third kappa shape index (κ3) is 6.19. The summed E-state index contributed by atoms with van der Waals surface area (Å²) in [5.74, 6) is -0.528. The molecule has 2 aromatic carbocycles. The number of benzene rings is 2. The van der Waals surface area contributed by atoms with E-state index in [1.807, 2.05) is 60.7 Å². The van der Waals surface area contributed by atoms with Crippen LogP contribution in [0.3, 0.4) is 0 Å². The molecule has 2 aromatic rings. The molecule has 154 valence electrons. The van der Waals surface area contributed by atoms with Crippen molar-refractivity contribution in [3.63, 3.8) is 0 Å². The number of rotatable bonds is 8. The van der Waals surface area contributed by atoms with E-state index in [0.29, 0.717) is 5.56 Å². The smallest absolute Gasteiger partial charge is 0.335 e. The quantitative estimate of drug-likeness (QED) is 0.170. The van der Waals surface area contributed by atoms with E-state index in [1.165, 1.54) is 0 Å². The van der Waals surface area contributed by atoms with Crippen molar-refractivity contribution in [3.8, 4) is 0 Å². The number of esters is 1. The molecule has 0 saturated carbocycles. The predicted molar refractivity (Wildman–Crippen MR) is 117 cm³/mol. The molecule has 0 radical (unpaired) electrons. The second-order valence-corrected chi connectivity index (χ2v) is 13.2. The van der Waals surface area contributed by atoms with Gasteiger partial charge in [-0.2, -0.15) is 0 Å². The van der Waals surface area contributed by atoms with Crippen molar-refractivity contribution in [1.82, 2.24) is 0 Å². The normalized spacial score (nSPS) is 13.8. The van der Waals surface area contributed by atoms with E-state index in [9.17, 15) is 4.79 Å². The second-order valence-electron chi connectivity index (χ2n) is 8.45. The molecule has 0 aromatic heterocycles. The zero-order valence-corrected chi connectivity index (χ0v) is 18.7. The monoisotopic (exact) mass is 415 g/mol. The third-order valence-electron chi connectivity index (χ3n) is 5.29. The number of azide groups is 1. The SMILES string of the molecule is CC(C)(C)[Si](C)(C)O[14C@H]([C@@H](N=[N+]=[N-])c1ccccc1)[14C](=O)OCc1ccccc1. The summed E-state index contributed by atoms with van der Waals surface area (Å²) in [6.45, 7) is 10.5. The number of ether oxygens (including phenoxy) is 1. The molecule has 0 N–H and O–H groups in total. The van der Waals surface area contributed by atoms with E-state index in [0.717, 1.165) is 5.56 Å². The number of hydrogen-bond acceptors (Lipinski definition) is 4. The van der Waals surface area contributed by atoms with Gasteiger partial charge in [-0.25, -0.2) is 4.79 Å². The van der Waals surface area contributed by atoms with Crippen LogP contribution in [-0.4, -0.2) is 20.4 Å². The summed E-state index contributed by atoms with van der Waals surface area (Å²) in [5.41, 5.74) is 10.8. The molecule has 0 unspecified atom stereocenters. The van der Waals surface area contributed by atoms with Crippen LogP contribution >= 0.6 is 0 Å². The molecule has 0 amide bonds. The molecular formula is C22H29N3O3Si. The van der Waals surface area contributed by atoms with Gasteiger partial charge in [0.25, 0.3) is 0 Å². The lowest BCUT2D eigenvalue weighted by Crippen LogP contribution is -2.48. The zero-order valence-electron chi connectivity index (χ0n) is 17.7. The van der Waals surface area contributed by atoms with Crippen molar-refractivity contribution in [1.29, 1.82) is 0 Å². The molecule has 0 fully saturated rings. The van der Waals surface area contributed by atoms with E-state index < -0.39 is 26.4 Å². The molecule has 29 heavy (non-hydrogen) atoms. The Morgan fingerprint density at radius 1 is 1.10 bits per heavy atom. The van der Waals surface area contributed by atoms with Crippen molar-refractivity contribution in [3.05, 3.63) is 82.2 Å². The fourth-order valence-electron chi connectivity index (χ4n) is 2.55. The fourth-order valence-corrected chi connectivity index (χ4v) is 3.77. The Hall–Kier alpha value is -2.60. The van der Waals surface area contributed by atoms with Gasteiger partial charge < -0.3 is 9.16 Å². The summed E-state index contributed by atoms with van der Waals surface area (Å²) < 4.78 is 12.0. The number of carbonyl (C=O) groups excluding carboxylic acids is 1. The van der Waals surface area contributed by atoms with Crippen molar-refractivity contribution in [2.75, 3.05) is 0 Å². The first kappa shape index (κ1) is 22.7. The Balaban J connectivity index is 2.35. The Labute approximate surface area is 173 Å². The Morgan fingerprint density at radius 3 is 2.17 bits per heavy atom. The molecule has 0 aliphatic rings. The van der Waals surface area contributed by atoms with Gasteiger partial charge in [-0.1, -0.05) is 86.5 Å². The lowest BCUT2D eigenvalue weighted by atomic mass is 10.2. The van der Waals surface area contributed by atoms with Gasteiger partial charge >= 0.3 is 5.97 Å². The van der Waals surface area contributed by atoms with Crippen LogP contribution in [0.25, 0.3) is 10.4 Å². The minimum absolute atomic E-state index is 0.122. The largest absolute Gasteiger partial charge is 0.459 e. The van der Waals surface area contributed by atoms with Gasteiger partial charge in [0.15, 0.2) is 14.4 Å². The zero-order chi connectivity index (χ0) is 21.5. The van der Waals surface area contributed by atoms with Crippen molar-refractivity contribution in [2.24, 2.45) is 5.11 Å². The lowest BCUT2D eigenvalue weighted by molar-refractivity contribution is -0.155. The maximum atomic E-state index is 13.1. The Bertz CT molecular complexity index is 845. The predicted octanol–water partition coefficient (Wildman–Crippen LogP) is 6.17. The molecule has 0 heterocycles. The highest BCUT2D eigenvalue weighted by Crippen LogP contribution is 2.39. The van der Waals surface area contributed by atoms with Crippen LogP contribution in [0, 0.1) is 0 Å². The number of hydrogen-bond donors (Lipinski definition) is 0. The molecule has 0 saturated heterocycles. The lowest BCUT2D eigenvalue weighted by Gasteiger charge is -2.39. The first-order chi connectivity index (χ1) is 13.7. The average Bonchev–Trinajstić information content (AvgIpc) is 2.69. The molecule has 0 aliphatic carbocycles. The fraction of sp³-hybridized carbons (Fsp3) is 0.409. The first-order valence-corrected chi connectivity index (χ1v) is 12.5. The highest BCUT2D eigenvalue weighted by Gasteiger charge is 2.43. The van der Waals surface area contributed by atoms with E-state index in [-0.39, 0.29) is 11.6 Å². The molecule has 7 heteroatoms. The van der Waals surface area contributed by atoms with Gasteiger partial charge in [-0.05, 0) is 34.8 Å². The summed E-state index contributed by atoms with van der Waals surface area (Å²) in [7, 11) is -2.35. The van der Waals surface area contributed by atoms with Crippen molar-refractivity contribution in [2.45, 2.75) is 57.7 Å². The maximum Gasteiger partial charge on any atom is 0.335 e. The van der Waals surface area contributed by atoms with Crippen LogP contribution in [0.15, 0.2) is 65.8 Å². The van der Waals surface area contributed by atoms with Gasteiger partial charge in [0, 0.05) is 4.91 Å². The second kappa shape index (κ2) is 9.74. The van der Waals surface area contributed by atoms with Crippen LogP contribution in [0.4, 0.5) is 0 Å². The Morgan fingerprint density at radius 2 is 1.66 bits per heavy atom. The molecular weight excluding hydrogens is 386 g/mol. The molecule has 0 bridgehead atoms. The van der Waals surface area contributed by atoms with Gasteiger partial charge in [-0.15, -0.1) is 0 Å². The molecule has 2 rings (SSSR count). The highest BCUT2D eigenvalue weighted by molar-refractivity contribution is 6.74. The van der Waals surface area contributed by atoms with E-state index >= 15 is 0 Å². The van der Waals surface area contributed by atoms with Gasteiger partial charge in [0.05, 0.1) is 6.04 Å². The molecule has 0 aliphatic heterocycles. The van der Waals surface area contributed by atoms with Crippen molar-refractivity contribution < 1.29 is 14.0 Å². The van der Waals surface area contributed by atoms with Crippen LogP contribution in [0.2, 0.25) is 18.1 Å². The Kier molecular flexibility index (Phi) is 7.62. The summed E-state index contributed by atoms with van der Waals surface area (Å²) in [6, 6.07) is 17.9. The van der Waals surface area contributed by atoms with Crippen LogP contribution in [0.1, 0.15) is 37.9 Å². The topological polar surface area (TPSA) is 84.3 Å².